The van der Waals surface area contributed by atoms with Crippen molar-refractivity contribution in [1.82, 2.24) is 9.97 Å². The Morgan fingerprint density at radius 1 is 0.655 bits per heavy atom. The van der Waals surface area contributed by atoms with E-state index in [0.717, 1.165) is 47.5 Å². The standard InChI is InChI=1S/C26H22N2.Pt/c1-20-8-2-3-11-23(20)17-21-9-6-10-22(16-21)18-25-13-7-14-26(28-25)19-24-12-4-5-15-27-24;/h2-15H,1,17-19H2;/q-2;+2. The molecular weight excluding hydrogens is 535 g/mol. The smallest absolute Gasteiger partial charge is 0.261 e. The maximum atomic E-state index is 4.82. The molecule has 0 saturated carbocycles. The molecule has 2 aromatic heterocycles. The van der Waals surface area contributed by atoms with Gasteiger partial charge in [0.25, 0.3) is 0 Å². The molecule has 2 aromatic carbocycles. The maximum absolute atomic E-state index is 4.82. The third-order valence-electron chi connectivity index (χ3n) is 4.74. The Hall–Kier alpha value is -2.70. The van der Waals surface area contributed by atoms with Crippen LogP contribution in [0.25, 0.3) is 0 Å². The van der Waals surface area contributed by atoms with Gasteiger partial charge < -0.3 is 0 Å². The number of hydrogen-bond donors (Lipinski definition) is 0. The second-order valence-electron chi connectivity index (χ2n) is 6.94. The SMILES string of the molecule is [CH2-]c1ccccc1Cc1[c-]c(Cc2cccc(Cc3ccccn3)n2)ccc1.[Pt+2]. The van der Waals surface area contributed by atoms with Crippen molar-refractivity contribution >= 4 is 0 Å². The van der Waals surface area contributed by atoms with Crippen molar-refractivity contribution in [3.05, 3.63) is 137 Å². The summed E-state index contributed by atoms with van der Waals surface area (Å²) >= 11 is 0. The fourth-order valence-corrected chi connectivity index (χ4v) is 3.32. The van der Waals surface area contributed by atoms with Crippen LogP contribution in [0, 0.1) is 13.0 Å². The van der Waals surface area contributed by atoms with Crippen LogP contribution in [-0.4, -0.2) is 9.97 Å². The Balaban J connectivity index is 0.00000240. The van der Waals surface area contributed by atoms with Gasteiger partial charge in [-0.3, -0.25) is 9.97 Å². The van der Waals surface area contributed by atoms with Crippen molar-refractivity contribution in [3.63, 3.8) is 0 Å². The third kappa shape index (κ3) is 5.89. The molecule has 0 saturated heterocycles. The van der Waals surface area contributed by atoms with E-state index in [4.69, 9.17) is 4.98 Å². The zero-order valence-corrected chi connectivity index (χ0v) is 18.4. The van der Waals surface area contributed by atoms with E-state index < -0.39 is 0 Å². The summed E-state index contributed by atoms with van der Waals surface area (Å²) in [6.07, 6.45) is 4.19. The first-order valence-electron chi connectivity index (χ1n) is 9.51. The molecule has 4 rings (SSSR count). The fourth-order valence-electron chi connectivity index (χ4n) is 3.32. The van der Waals surface area contributed by atoms with Gasteiger partial charge in [0, 0.05) is 29.7 Å². The van der Waals surface area contributed by atoms with Crippen molar-refractivity contribution in [2.24, 2.45) is 0 Å². The fraction of sp³-hybridized carbons (Fsp3) is 0.115. The summed E-state index contributed by atoms with van der Waals surface area (Å²) in [7, 11) is 0. The molecule has 0 radical (unpaired) electrons. The minimum absolute atomic E-state index is 0. The van der Waals surface area contributed by atoms with Crippen molar-refractivity contribution in [2.45, 2.75) is 19.3 Å². The van der Waals surface area contributed by atoms with Crippen LogP contribution in [-0.2, 0) is 40.3 Å². The van der Waals surface area contributed by atoms with Crippen LogP contribution in [0.3, 0.4) is 0 Å². The van der Waals surface area contributed by atoms with Gasteiger partial charge in [-0.25, -0.2) is 0 Å². The van der Waals surface area contributed by atoms with Crippen LogP contribution in [0.2, 0.25) is 0 Å². The van der Waals surface area contributed by atoms with E-state index in [1.807, 2.05) is 30.5 Å². The van der Waals surface area contributed by atoms with Crippen LogP contribution >= 0.6 is 0 Å². The largest absolute Gasteiger partial charge is 2.00 e. The molecule has 0 aliphatic carbocycles. The van der Waals surface area contributed by atoms with Gasteiger partial charge in [-0.2, -0.15) is 53.9 Å². The van der Waals surface area contributed by atoms with Crippen LogP contribution in [0.4, 0.5) is 0 Å². The zero-order valence-electron chi connectivity index (χ0n) is 16.1. The van der Waals surface area contributed by atoms with Crippen molar-refractivity contribution in [3.8, 4) is 0 Å². The quantitative estimate of drug-likeness (QED) is 0.304. The first kappa shape index (κ1) is 21.0. The zero-order chi connectivity index (χ0) is 19.2. The van der Waals surface area contributed by atoms with E-state index in [2.05, 4.69) is 72.6 Å². The molecular formula is C26H22N2Pt. The predicted molar refractivity (Wildman–Crippen MR) is 113 cm³/mol. The van der Waals surface area contributed by atoms with Gasteiger partial charge in [0.05, 0.1) is 0 Å². The van der Waals surface area contributed by atoms with Crippen LogP contribution in [0.5, 0.6) is 0 Å². The van der Waals surface area contributed by atoms with Gasteiger partial charge in [0.1, 0.15) is 0 Å². The molecule has 2 heterocycles. The Bertz CT molecular complexity index is 1060. The topological polar surface area (TPSA) is 25.8 Å². The summed E-state index contributed by atoms with van der Waals surface area (Å²) in [6.45, 7) is 4.12. The maximum Gasteiger partial charge on any atom is 2.00 e. The average molecular weight is 558 g/mol. The first-order chi connectivity index (χ1) is 13.8. The van der Waals surface area contributed by atoms with Gasteiger partial charge in [0.15, 0.2) is 0 Å². The number of hydrogen-bond acceptors (Lipinski definition) is 2. The first-order valence-corrected chi connectivity index (χ1v) is 9.51. The molecule has 0 bridgehead atoms. The minimum atomic E-state index is 0. The molecule has 0 N–H and O–H groups in total. The number of nitrogens with zero attached hydrogens (tertiary/aromatic N) is 2. The summed E-state index contributed by atoms with van der Waals surface area (Å²) in [6, 6.07) is 30.4. The van der Waals surface area contributed by atoms with E-state index in [1.165, 1.54) is 11.1 Å². The second-order valence-corrected chi connectivity index (χ2v) is 6.94. The minimum Gasteiger partial charge on any atom is -0.261 e. The van der Waals surface area contributed by atoms with Crippen molar-refractivity contribution in [1.29, 1.82) is 0 Å². The van der Waals surface area contributed by atoms with E-state index in [1.54, 1.807) is 0 Å². The number of aromatic nitrogens is 2. The Morgan fingerprint density at radius 3 is 2.07 bits per heavy atom. The van der Waals surface area contributed by atoms with Gasteiger partial charge in [0.2, 0.25) is 0 Å². The van der Waals surface area contributed by atoms with E-state index in [-0.39, 0.29) is 21.1 Å². The normalized spacial score (nSPS) is 10.3. The van der Waals surface area contributed by atoms with Gasteiger partial charge in [-0.05, 0) is 30.7 Å². The van der Waals surface area contributed by atoms with Crippen LogP contribution < -0.4 is 0 Å². The van der Waals surface area contributed by atoms with Crippen LogP contribution in [0.1, 0.15) is 39.3 Å². The number of pyridine rings is 2. The molecule has 0 aliphatic heterocycles. The summed E-state index contributed by atoms with van der Waals surface area (Å²) < 4.78 is 0. The Labute approximate surface area is 187 Å². The van der Waals surface area contributed by atoms with Crippen molar-refractivity contribution in [2.75, 3.05) is 0 Å². The molecule has 2 nitrogen and oxygen atoms in total. The molecule has 0 atom stereocenters. The van der Waals surface area contributed by atoms with Crippen LogP contribution in [0.15, 0.2) is 85.1 Å². The molecule has 0 aliphatic rings. The summed E-state index contributed by atoms with van der Waals surface area (Å²) in [5.74, 6) is 0. The van der Waals surface area contributed by atoms with Gasteiger partial charge in [-0.1, -0.05) is 24.6 Å². The van der Waals surface area contributed by atoms with Gasteiger partial charge in [-0.15, -0.1) is 17.7 Å². The van der Waals surface area contributed by atoms with Crippen molar-refractivity contribution < 1.29 is 21.1 Å². The molecule has 0 fully saturated rings. The monoisotopic (exact) mass is 557 g/mol. The molecule has 0 amide bonds. The molecule has 146 valence electrons. The summed E-state index contributed by atoms with van der Waals surface area (Å²) in [5.41, 5.74) is 7.78. The van der Waals surface area contributed by atoms with E-state index >= 15 is 0 Å². The third-order valence-corrected chi connectivity index (χ3v) is 4.74. The average Bonchev–Trinajstić information content (AvgIpc) is 2.71. The molecule has 29 heavy (non-hydrogen) atoms. The summed E-state index contributed by atoms with van der Waals surface area (Å²) in [4.78, 5) is 9.22. The molecule has 0 spiro atoms. The molecule has 3 heteroatoms. The van der Waals surface area contributed by atoms with Gasteiger partial charge >= 0.3 is 21.1 Å². The second kappa shape index (κ2) is 10.2. The number of benzene rings is 2. The predicted octanol–water partition coefficient (Wildman–Crippen LogP) is 5.23. The van der Waals surface area contributed by atoms with E-state index in [9.17, 15) is 0 Å². The summed E-state index contributed by atoms with van der Waals surface area (Å²) in [5, 5.41) is 0. The Morgan fingerprint density at radius 2 is 1.31 bits per heavy atom. The molecule has 0 unspecified atom stereocenters. The molecule has 4 aromatic rings. The Kier molecular flexibility index (Phi) is 7.38. The number of rotatable bonds is 6. The van der Waals surface area contributed by atoms with E-state index in [0.29, 0.717) is 0 Å².